The molecule has 0 aromatic carbocycles. The zero-order chi connectivity index (χ0) is 16.2. The van der Waals surface area contributed by atoms with Gasteiger partial charge >= 0.3 is 17.1 Å². The van der Waals surface area contributed by atoms with Crippen LogP contribution in [0, 0.1) is 0 Å². The molecule has 0 radical (unpaired) electrons. The van der Waals surface area contributed by atoms with Gasteiger partial charge in [-0.25, -0.2) is 0 Å². The van der Waals surface area contributed by atoms with Crippen molar-refractivity contribution in [2.75, 3.05) is 6.54 Å². The molecule has 0 aromatic heterocycles. The number of rotatable bonds is 9. The molecule has 0 aromatic rings. The van der Waals surface area contributed by atoms with Gasteiger partial charge in [0.05, 0.1) is 0 Å². The highest BCUT2D eigenvalue weighted by Crippen LogP contribution is 2.25. The molecule has 8 heteroatoms. The van der Waals surface area contributed by atoms with E-state index in [1.807, 2.05) is 0 Å². The molecule has 0 bridgehead atoms. The van der Waals surface area contributed by atoms with E-state index in [-0.39, 0.29) is 0 Å². The quantitative estimate of drug-likeness (QED) is 0.640. The average molecular weight is 354 g/mol. The first kappa shape index (κ1) is 20.7. The van der Waals surface area contributed by atoms with Crippen LogP contribution >= 0.6 is 0 Å². The Kier molecular flexibility index (Phi) is 7.57. The van der Waals surface area contributed by atoms with Crippen molar-refractivity contribution in [1.29, 1.82) is 0 Å². The first-order valence-electron chi connectivity index (χ1n) is 7.49. The molecule has 0 heterocycles. The lowest BCUT2D eigenvalue weighted by molar-refractivity contribution is 0.329. The van der Waals surface area contributed by atoms with Gasteiger partial charge in [-0.1, -0.05) is 0 Å². The molecule has 4 nitrogen and oxygen atoms in total. The van der Waals surface area contributed by atoms with Crippen LogP contribution in [0.1, 0.15) is 6.42 Å². The molecule has 0 aliphatic heterocycles. The molecule has 0 rings (SSSR count). The van der Waals surface area contributed by atoms with E-state index >= 15 is 0 Å². The Morgan fingerprint density at radius 1 is 0.700 bits per heavy atom. The van der Waals surface area contributed by atoms with Crippen LogP contribution in [-0.4, -0.2) is 40.3 Å². The summed E-state index contributed by atoms with van der Waals surface area (Å²) >= 11 is 0. The highest BCUT2D eigenvalue weighted by Gasteiger charge is 2.42. The SMILES string of the molecule is C[Si](C)(C)O[Si](C)(C)O[Si](C)(C)O[Si](C)(C)CCCN. The topological polar surface area (TPSA) is 53.7 Å². The molecule has 0 fully saturated rings. The monoisotopic (exact) mass is 353 g/mol. The maximum atomic E-state index is 6.45. The second-order valence-electron chi connectivity index (χ2n) is 7.87. The number of nitrogens with two attached hydrogens (primary N) is 1. The fourth-order valence-corrected chi connectivity index (χ4v) is 21.1. The summed E-state index contributed by atoms with van der Waals surface area (Å²) in [5.41, 5.74) is 5.61. The maximum Gasteiger partial charge on any atom is 0.312 e. The minimum Gasteiger partial charge on any atom is -0.437 e. The first-order valence-corrected chi connectivity index (χ1v) is 19.6. The summed E-state index contributed by atoms with van der Waals surface area (Å²) in [6, 6.07) is 1.10. The molecule has 20 heavy (non-hydrogen) atoms. The van der Waals surface area contributed by atoms with Gasteiger partial charge in [-0.05, 0) is 77.9 Å². The van der Waals surface area contributed by atoms with Crippen molar-refractivity contribution in [2.45, 2.75) is 71.4 Å². The van der Waals surface area contributed by atoms with Crippen LogP contribution in [-0.2, 0) is 12.3 Å². The average Bonchev–Trinajstić information content (AvgIpc) is 2.05. The van der Waals surface area contributed by atoms with Gasteiger partial charge in [0.2, 0.25) is 0 Å². The van der Waals surface area contributed by atoms with E-state index < -0.39 is 33.8 Å². The Bertz CT molecular complexity index is 304. The summed E-state index contributed by atoms with van der Waals surface area (Å²) in [6.07, 6.45) is 1.04. The van der Waals surface area contributed by atoms with Crippen molar-refractivity contribution in [1.82, 2.24) is 0 Å². The van der Waals surface area contributed by atoms with E-state index in [2.05, 4.69) is 58.9 Å². The Hall–Kier alpha value is 0.708. The third-order valence-corrected chi connectivity index (χ3v) is 16.6. The van der Waals surface area contributed by atoms with Gasteiger partial charge < -0.3 is 18.1 Å². The summed E-state index contributed by atoms with van der Waals surface area (Å²) in [6.45, 7) is 20.4. The third-order valence-electron chi connectivity index (χ3n) is 2.55. The Labute approximate surface area is 130 Å². The molecule has 0 spiro atoms. The van der Waals surface area contributed by atoms with E-state index in [9.17, 15) is 0 Å². The van der Waals surface area contributed by atoms with Crippen LogP contribution in [0.15, 0.2) is 0 Å². The molecule has 0 saturated heterocycles. The zero-order valence-corrected chi connectivity index (χ0v) is 18.9. The highest BCUT2D eigenvalue weighted by atomic mass is 28.5. The lowest BCUT2D eigenvalue weighted by atomic mass is 10.5. The van der Waals surface area contributed by atoms with Crippen molar-refractivity contribution >= 4 is 33.8 Å². The van der Waals surface area contributed by atoms with E-state index in [4.69, 9.17) is 18.1 Å². The van der Waals surface area contributed by atoms with Crippen LogP contribution in [0.2, 0.25) is 65.0 Å². The lowest BCUT2D eigenvalue weighted by Gasteiger charge is -2.40. The second kappa shape index (κ2) is 7.31. The molecular formula is C12H35NO3Si4. The Morgan fingerprint density at radius 2 is 1.15 bits per heavy atom. The smallest absolute Gasteiger partial charge is 0.312 e. The number of hydrogen-bond donors (Lipinski definition) is 1. The predicted molar refractivity (Wildman–Crippen MR) is 97.5 cm³/mol. The molecule has 0 aliphatic rings. The van der Waals surface area contributed by atoms with Gasteiger partial charge in [0.15, 0.2) is 16.6 Å². The zero-order valence-electron chi connectivity index (χ0n) is 14.9. The first-order chi connectivity index (χ1) is 8.68. The van der Waals surface area contributed by atoms with E-state index in [1.54, 1.807) is 0 Å². The molecule has 2 N–H and O–H groups in total. The van der Waals surface area contributed by atoms with E-state index in [1.165, 1.54) is 0 Å². The van der Waals surface area contributed by atoms with Gasteiger partial charge in [-0.15, -0.1) is 0 Å². The standard InChI is InChI=1S/C12H35NO3Si4/c1-17(2,3)14-19(6,7)16-20(8,9)15-18(4,5)12-10-11-13/h10-13H2,1-9H3. The summed E-state index contributed by atoms with van der Waals surface area (Å²) in [7, 11) is -7.51. The van der Waals surface area contributed by atoms with E-state index in [0.29, 0.717) is 0 Å². The molecule has 0 aliphatic carbocycles. The molecule has 0 saturated carbocycles. The van der Waals surface area contributed by atoms with Crippen molar-refractivity contribution in [2.24, 2.45) is 5.73 Å². The summed E-state index contributed by atoms with van der Waals surface area (Å²) in [5, 5.41) is 0. The largest absolute Gasteiger partial charge is 0.437 e. The fraction of sp³-hybridized carbons (Fsp3) is 1.00. The molecule has 0 unspecified atom stereocenters. The minimum absolute atomic E-state index is 0.738. The van der Waals surface area contributed by atoms with Gasteiger partial charge in [0.1, 0.15) is 0 Å². The minimum atomic E-state index is -2.14. The van der Waals surface area contributed by atoms with Gasteiger partial charge in [-0.3, -0.25) is 0 Å². The van der Waals surface area contributed by atoms with Crippen LogP contribution in [0.3, 0.4) is 0 Å². The number of hydrogen-bond acceptors (Lipinski definition) is 4. The van der Waals surface area contributed by atoms with Crippen LogP contribution < -0.4 is 5.73 Å². The predicted octanol–water partition coefficient (Wildman–Crippen LogP) is 3.83. The third kappa shape index (κ3) is 10.4. The van der Waals surface area contributed by atoms with Gasteiger partial charge in [-0.2, -0.15) is 0 Å². The molecule has 0 atom stereocenters. The van der Waals surface area contributed by atoms with Crippen molar-refractivity contribution in [3.63, 3.8) is 0 Å². The van der Waals surface area contributed by atoms with Crippen molar-refractivity contribution < 1.29 is 12.3 Å². The maximum absolute atomic E-state index is 6.45. The highest BCUT2D eigenvalue weighted by molar-refractivity contribution is 6.89. The molecule has 122 valence electrons. The van der Waals surface area contributed by atoms with Crippen LogP contribution in [0.25, 0.3) is 0 Å². The van der Waals surface area contributed by atoms with Crippen molar-refractivity contribution in [3.05, 3.63) is 0 Å². The normalized spacial score (nSPS) is 14.7. The second-order valence-corrected chi connectivity index (χ2v) is 24.2. The van der Waals surface area contributed by atoms with Crippen molar-refractivity contribution in [3.8, 4) is 0 Å². The van der Waals surface area contributed by atoms with Gasteiger partial charge in [0.25, 0.3) is 0 Å². The lowest BCUT2D eigenvalue weighted by Crippen LogP contribution is -2.55. The van der Waals surface area contributed by atoms with E-state index in [0.717, 1.165) is 19.0 Å². The Balaban J connectivity index is 4.65. The van der Waals surface area contributed by atoms with Crippen LogP contribution in [0.4, 0.5) is 0 Å². The molecular weight excluding hydrogens is 318 g/mol. The van der Waals surface area contributed by atoms with Gasteiger partial charge in [0, 0.05) is 0 Å². The van der Waals surface area contributed by atoms with Crippen LogP contribution in [0.5, 0.6) is 0 Å². The fourth-order valence-electron chi connectivity index (χ4n) is 2.62. The Morgan fingerprint density at radius 3 is 1.55 bits per heavy atom. The summed E-state index contributed by atoms with van der Waals surface area (Å²) in [4.78, 5) is 0. The summed E-state index contributed by atoms with van der Waals surface area (Å²) in [5.74, 6) is 0. The molecule has 0 amide bonds. The summed E-state index contributed by atoms with van der Waals surface area (Å²) < 4.78 is 19.1.